The van der Waals surface area contributed by atoms with Gasteiger partial charge in [0.25, 0.3) is 0 Å². The molecular formula is C19H25NO11. The molecule has 1 aromatic carbocycles. The molecule has 0 aromatic heterocycles. The predicted octanol–water partition coefficient (Wildman–Crippen LogP) is -1.96. The average Bonchev–Trinajstić information content (AvgIpc) is 2.73. The van der Waals surface area contributed by atoms with Gasteiger partial charge in [-0.25, -0.2) is 4.79 Å². The Labute approximate surface area is 177 Å². The van der Waals surface area contributed by atoms with Crippen LogP contribution in [0.25, 0.3) is 0 Å². The summed E-state index contributed by atoms with van der Waals surface area (Å²) >= 11 is 0. The van der Waals surface area contributed by atoms with E-state index in [-0.39, 0.29) is 17.1 Å². The molecule has 1 saturated heterocycles. The van der Waals surface area contributed by atoms with Gasteiger partial charge in [-0.1, -0.05) is 0 Å². The van der Waals surface area contributed by atoms with Crippen molar-refractivity contribution in [2.24, 2.45) is 0 Å². The molecule has 6 N–H and O–H groups in total. The number of aldehydes is 1. The SMILES string of the molecule is COc1cc(O[C@]2(C(=O)O)C[C@H](O)[C@@H](NC(C)=O)[C@H]([C@H](O)[C@H](O)CO)O2)ccc1C=O. The number of hydrogen-bond donors (Lipinski definition) is 6. The standard InChI is InChI=1S/C19H25NO11/c1-9(23)20-15-12(24)6-19(18(27)28,31-17(15)16(26)13(25)8-22)30-11-4-3-10(7-21)14(5-11)29-2/h3-5,7,12-13,15-17,22,24-26H,6,8H2,1-2H3,(H,20,23)(H,27,28)/t12-,13+,15+,16+,17+,19+/m0/s1. The number of benzene rings is 1. The number of aliphatic hydroxyl groups is 4. The Hall–Kier alpha value is -2.77. The van der Waals surface area contributed by atoms with Crippen molar-refractivity contribution in [1.29, 1.82) is 0 Å². The summed E-state index contributed by atoms with van der Waals surface area (Å²) in [5.74, 6) is -4.81. The Kier molecular flexibility index (Phi) is 7.92. The largest absolute Gasteiger partial charge is 0.496 e. The summed E-state index contributed by atoms with van der Waals surface area (Å²) in [6.45, 7) is 0.240. The summed E-state index contributed by atoms with van der Waals surface area (Å²) in [4.78, 5) is 34.7. The summed E-state index contributed by atoms with van der Waals surface area (Å²) in [7, 11) is 1.29. The van der Waals surface area contributed by atoms with E-state index in [1.54, 1.807) is 0 Å². The van der Waals surface area contributed by atoms with Crippen LogP contribution in [0.1, 0.15) is 23.7 Å². The molecule has 0 saturated carbocycles. The number of amides is 1. The average molecular weight is 443 g/mol. The van der Waals surface area contributed by atoms with Crippen molar-refractivity contribution in [3.8, 4) is 11.5 Å². The van der Waals surface area contributed by atoms with E-state index in [4.69, 9.17) is 19.3 Å². The molecule has 0 radical (unpaired) electrons. The number of carbonyl (C=O) groups is 3. The van der Waals surface area contributed by atoms with E-state index in [9.17, 15) is 34.8 Å². The first kappa shape index (κ1) is 24.5. The number of carbonyl (C=O) groups excluding carboxylic acids is 2. The zero-order valence-electron chi connectivity index (χ0n) is 16.8. The van der Waals surface area contributed by atoms with Gasteiger partial charge in [0.05, 0.1) is 37.8 Å². The van der Waals surface area contributed by atoms with Crippen LogP contribution in [0.3, 0.4) is 0 Å². The van der Waals surface area contributed by atoms with Gasteiger partial charge in [-0.05, 0) is 12.1 Å². The van der Waals surface area contributed by atoms with Crippen LogP contribution in [0.5, 0.6) is 11.5 Å². The van der Waals surface area contributed by atoms with Crippen molar-refractivity contribution in [2.45, 2.75) is 49.6 Å². The maximum absolute atomic E-state index is 12.1. The van der Waals surface area contributed by atoms with Gasteiger partial charge in [0.2, 0.25) is 5.91 Å². The van der Waals surface area contributed by atoms with E-state index >= 15 is 0 Å². The number of aliphatic hydroxyl groups excluding tert-OH is 4. The van der Waals surface area contributed by atoms with Crippen LogP contribution in [0.2, 0.25) is 0 Å². The number of nitrogens with one attached hydrogen (secondary N) is 1. The van der Waals surface area contributed by atoms with Crippen LogP contribution < -0.4 is 14.8 Å². The number of carboxylic acid groups (broad SMARTS) is 1. The van der Waals surface area contributed by atoms with Gasteiger partial charge >= 0.3 is 11.8 Å². The quantitative estimate of drug-likeness (QED) is 0.232. The molecule has 1 amide bonds. The molecule has 1 aliphatic rings. The Balaban J connectivity index is 2.45. The number of ether oxygens (including phenoxy) is 3. The first-order chi connectivity index (χ1) is 14.6. The van der Waals surface area contributed by atoms with Gasteiger partial charge in [-0.2, -0.15) is 0 Å². The van der Waals surface area contributed by atoms with Crippen LogP contribution in [-0.2, 0) is 14.3 Å². The number of methoxy groups -OCH3 is 1. The van der Waals surface area contributed by atoms with Crippen molar-refractivity contribution in [2.75, 3.05) is 13.7 Å². The molecule has 1 aliphatic heterocycles. The van der Waals surface area contributed by atoms with E-state index in [1.807, 2.05) is 0 Å². The third-order valence-corrected chi connectivity index (χ3v) is 4.80. The fourth-order valence-electron chi connectivity index (χ4n) is 3.27. The third kappa shape index (κ3) is 5.29. The smallest absolute Gasteiger partial charge is 0.377 e. The minimum absolute atomic E-state index is 0.0906. The molecule has 1 aromatic rings. The first-order valence-corrected chi connectivity index (χ1v) is 9.24. The number of aliphatic carboxylic acids is 1. The zero-order chi connectivity index (χ0) is 23.3. The highest BCUT2D eigenvalue weighted by Gasteiger charge is 2.56. The highest BCUT2D eigenvalue weighted by molar-refractivity contribution is 5.80. The molecule has 0 aliphatic carbocycles. The van der Waals surface area contributed by atoms with Crippen molar-refractivity contribution in [1.82, 2.24) is 5.32 Å². The molecule has 1 heterocycles. The van der Waals surface area contributed by atoms with Gasteiger partial charge in [-0.15, -0.1) is 0 Å². The summed E-state index contributed by atoms with van der Waals surface area (Å²) in [5.41, 5.74) is 0.175. The highest BCUT2D eigenvalue weighted by Crippen LogP contribution is 2.36. The van der Waals surface area contributed by atoms with Crippen molar-refractivity contribution in [3.63, 3.8) is 0 Å². The maximum Gasteiger partial charge on any atom is 0.377 e. The third-order valence-electron chi connectivity index (χ3n) is 4.80. The van der Waals surface area contributed by atoms with E-state index in [1.165, 1.54) is 25.3 Å². The summed E-state index contributed by atoms with van der Waals surface area (Å²) in [6, 6.07) is 2.52. The molecule has 31 heavy (non-hydrogen) atoms. The molecule has 12 nitrogen and oxygen atoms in total. The second-order valence-corrected chi connectivity index (χ2v) is 7.00. The van der Waals surface area contributed by atoms with Crippen molar-refractivity contribution < 1.29 is 54.1 Å². The minimum atomic E-state index is -2.54. The second kappa shape index (κ2) is 10.0. The molecule has 172 valence electrons. The highest BCUT2D eigenvalue weighted by atomic mass is 16.7. The van der Waals surface area contributed by atoms with Crippen molar-refractivity contribution >= 4 is 18.2 Å². The second-order valence-electron chi connectivity index (χ2n) is 7.00. The fraction of sp³-hybridized carbons (Fsp3) is 0.526. The Morgan fingerprint density at radius 3 is 2.58 bits per heavy atom. The predicted molar refractivity (Wildman–Crippen MR) is 102 cm³/mol. The molecule has 2 rings (SSSR count). The van der Waals surface area contributed by atoms with Crippen LogP contribution in [0.15, 0.2) is 18.2 Å². The Morgan fingerprint density at radius 2 is 2.06 bits per heavy atom. The van der Waals surface area contributed by atoms with E-state index < -0.39 is 61.1 Å². The van der Waals surface area contributed by atoms with Crippen LogP contribution in [0.4, 0.5) is 0 Å². The van der Waals surface area contributed by atoms with Gasteiger partial charge < -0.3 is 45.1 Å². The number of hydrogen-bond acceptors (Lipinski definition) is 10. The van der Waals surface area contributed by atoms with Crippen LogP contribution >= 0.6 is 0 Å². The number of carboxylic acids is 1. The van der Waals surface area contributed by atoms with E-state index in [0.717, 1.165) is 6.92 Å². The van der Waals surface area contributed by atoms with Gasteiger partial charge in [0.15, 0.2) is 6.29 Å². The Bertz CT molecular complexity index is 816. The summed E-state index contributed by atoms with van der Waals surface area (Å²) < 4.78 is 16.1. The molecule has 1 fully saturated rings. The van der Waals surface area contributed by atoms with E-state index in [2.05, 4.69) is 5.32 Å². The minimum Gasteiger partial charge on any atom is -0.496 e. The summed E-state index contributed by atoms with van der Waals surface area (Å²) in [6.07, 6.45) is -7.02. The lowest BCUT2D eigenvalue weighted by atomic mass is 9.88. The van der Waals surface area contributed by atoms with Crippen LogP contribution in [0, 0.1) is 0 Å². The normalized spacial score (nSPS) is 27.6. The fourth-order valence-corrected chi connectivity index (χ4v) is 3.27. The maximum atomic E-state index is 12.1. The lowest BCUT2D eigenvalue weighted by Crippen LogP contribution is -2.68. The van der Waals surface area contributed by atoms with E-state index in [0.29, 0.717) is 6.29 Å². The summed E-state index contributed by atoms with van der Waals surface area (Å²) in [5, 5.41) is 52.1. The van der Waals surface area contributed by atoms with Crippen LogP contribution in [-0.4, -0.2) is 93.7 Å². The lowest BCUT2D eigenvalue weighted by molar-refractivity contribution is -0.284. The molecule has 6 atom stereocenters. The number of rotatable bonds is 9. The molecular weight excluding hydrogens is 418 g/mol. The van der Waals surface area contributed by atoms with Gasteiger partial charge in [-0.3, -0.25) is 9.59 Å². The van der Waals surface area contributed by atoms with Crippen molar-refractivity contribution in [3.05, 3.63) is 23.8 Å². The molecule has 12 heteroatoms. The topological polar surface area (TPSA) is 192 Å². The van der Waals surface area contributed by atoms with Gasteiger partial charge in [0.1, 0.15) is 29.8 Å². The Morgan fingerprint density at radius 1 is 1.39 bits per heavy atom. The molecule has 0 bridgehead atoms. The monoisotopic (exact) mass is 443 g/mol. The zero-order valence-corrected chi connectivity index (χ0v) is 16.8. The first-order valence-electron chi connectivity index (χ1n) is 9.24. The lowest BCUT2D eigenvalue weighted by Gasteiger charge is -2.46. The molecule has 0 unspecified atom stereocenters. The van der Waals surface area contributed by atoms with Gasteiger partial charge in [0, 0.05) is 13.0 Å². The molecule has 0 spiro atoms.